The van der Waals surface area contributed by atoms with Crippen molar-refractivity contribution in [3.8, 4) is 0 Å². The summed E-state index contributed by atoms with van der Waals surface area (Å²) in [5.41, 5.74) is 5.63. The number of nitrogens with one attached hydrogen (secondary N) is 1. The predicted molar refractivity (Wildman–Crippen MR) is 125 cm³/mol. The molecule has 0 radical (unpaired) electrons. The van der Waals surface area contributed by atoms with Gasteiger partial charge in [0.15, 0.2) is 5.41 Å². The second-order valence-corrected chi connectivity index (χ2v) is 10.7. The van der Waals surface area contributed by atoms with Crippen molar-refractivity contribution in [1.29, 1.82) is 0 Å². The summed E-state index contributed by atoms with van der Waals surface area (Å²) in [4.78, 5) is 28.2. The number of fused-ring (bicyclic) bond motifs is 1. The van der Waals surface area contributed by atoms with E-state index in [1.54, 1.807) is 13.8 Å². The summed E-state index contributed by atoms with van der Waals surface area (Å²) in [5.74, 6) is -1.33. The van der Waals surface area contributed by atoms with E-state index in [4.69, 9.17) is 5.73 Å². The van der Waals surface area contributed by atoms with Crippen molar-refractivity contribution < 1.29 is 19.8 Å². The Hall–Kier alpha value is -1.77. The molecule has 8 heteroatoms. The number of hydrogen-bond donors (Lipinski definition) is 4. The average molecular weight is 452 g/mol. The van der Waals surface area contributed by atoms with Crippen LogP contribution < -0.4 is 16.0 Å². The van der Waals surface area contributed by atoms with Crippen molar-refractivity contribution >= 4 is 29.3 Å². The van der Waals surface area contributed by atoms with Crippen LogP contribution in [0.15, 0.2) is 29.2 Å². The number of anilines is 1. The van der Waals surface area contributed by atoms with Gasteiger partial charge < -0.3 is 26.2 Å². The summed E-state index contributed by atoms with van der Waals surface area (Å²) in [6.07, 6.45) is -0.832. The van der Waals surface area contributed by atoms with Gasteiger partial charge in [0.25, 0.3) is 0 Å². The third-order valence-electron chi connectivity index (χ3n) is 6.26. The van der Waals surface area contributed by atoms with Crippen LogP contribution in [0, 0.1) is 16.7 Å². The third-order valence-corrected chi connectivity index (χ3v) is 7.30. The molecule has 1 aromatic rings. The molecule has 1 aliphatic heterocycles. The molecular formula is C23H37N3O4S. The number of carboxylic acids is 1. The van der Waals surface area contributed by atoms with Gasteiger partial charge in [0.2, 0.25) is 5.91 Å². The van der Waals surface area contributed by atoms with Gasteiger partial charge in [0.1, 0.15) is 0 Å². The lowest BCUT2D eigenvalue weighted by Gasteiger charge is -2.40. The molecule has 0 saturated heterocycles. The topological polar surface area (TPSA) is 116 Å². The van der Waals surface area contributed by atoms with Gasteiger partial charge in [0, 0.05) is 43.2 Å². The van der Waals surface area contributed by atoms with Crippen molar-refractivity contribution in [1.82, 2.24) is 5.32 Å². The van der Waals surface area contributed by atoms with Gasteiger partial charge in [-0.25, -0.2) is 0 Å². The largest absolute Gasteiger partial charge is 0.480 e. The smallest absolute Gasteiger partial charge is 0.319 e. The number of rotatable bonds is 10. The molecule has 1 aliphatic rings. The molecule has 0 unspecified atom stereocenters. The molecule has 0 aromatic heterocycles. The number of hydrogen-bond acceptors (Lipinski definition) is 6. The molecule has 1 heterocycles. The minimum atomic E-state index is -1.72. The lowest BCUT2D eigenvalue weighted by atomic mass is 9.70. The molecule has 5 N–H and O–H groups in total. The molecule has 7 nitrogen and oxygen atoms in total. The fraction of sp³-hybridized carbons (Fsp3) is 0.652. The molecule has 0 aliphatic carbocycles. The highest BCUT2D eigenvalue weighted by molar-refractivity contribution is 7.99. The van der Waals surface area contributed by atoms with E-state index in [2.05, 4.69) is 36.2 Å². The Labute approximate surface area is 189 Å². The number of aliphatic carboxylic acids is 1. The number of nitrogens with two attached hydrogens (primary N) is 1. The maximum atomic E-state index is 12.5. The van der Waals surface area contributed by atoms with E-state index in [9.17, 15) is 19.8 Å². The van der Waals surface area contributed by atoms with Gasteiger partial charge in [-0.1, -0.05) is 39.8 Å². The predicted octanol–water partition coefficient (Wildman–Crippen LogP) is 2.57. The summed E-state index contributed by atoms with van der Waals surface area (Å²) in [6, 6.07) is 7.69. The Bertz CT molecular complexity index is 786. The van der Waals surface area contributed by atoms with Crippen LogP contribution in [-0.2, 0) is 9.59 Å². The molecule has 0 saturated carbocycles. The Morgan fingerprint density at radius 2 is 1.90 bits per heavy atom. The Morgan fingerprint density at radius 1 is 1.26 bits per heavy atom. The first-order chi connectivity index (χ1) is 14.4. The van der Waals surface area contributed by atoms with Gasteiger partial charge in [-0.05, 0) is 29.9 Å². The molecule has 3 atom stereocenters. The van der Waals surface area contributed by atoms with E-state index in [0.29, 0.717) is 6.42 Å². The van der Waals surface area contributed by atoms with Gasteiger partial charge in [-0.15, -0.1) is 11.8 Å². The zero-order valence-corrected chi connectivity index (χ0v) is 20.0. The number of nitrogens with zero attached hydrogens (tertiary/aromatic N) is 1. The number of para-hydroxylation sites is 1. The first-order valence-electron chi connectivity index (χ1n) is 10.8. The van der Waals surface area contributed by atoms with Crippen LogP contribution >= 0.6 is 11.8 Å². The molecular weight excluding hydrogens is 414 g/mol. The van der Waals surface area contributed by atoms with E-state index in [1.807, 2.05) is 23.9 Å². The van der Waals surface area contributed by atoms with E-state index < -0.39 is 35.4 Å². The number of thioether (sulfide) groups is 1. The highest BCUT2D eigenvalue weighted by Crippen LogP contribution is 2.38. The maximum Gasteiger partial charge on any atom is 0.319 e. The van der Waals surface area contributed by atoms with E-state index in [1.165, 1.54) is 17.6 Å². The van der Waals surface area contributed by atoms with Crippen molar-refractivity contribution in [2.45, 2.75) is 57.6 Å². The Kier molecular flexibility index (Phi) is 8.41. The first kappa shape index (κ1) is 25.5. The lowest BCUT2D eigenvalue weighted by molar-refractivity contribution is -0.162. The van der Waals surface area contributed by atoms with Crippen LogP contribution in [0.5, 0.6) is 0 Å². The number of aliphatic hydroxyl groups excluding tert-OH is 1. The van der Waals surface area contributed by atoms with Gasteiger partial charge in [0.05, 0.1) is 11.8 Å². The summed E-state index contributed by atoms with van der Waals surface area (Å²) >= 11 is 1.85. The maximum absolute atomic E-state index is 12.5. The molecule has 1 amide bonds. The number of carbonyl (C=O) groups is 2. The van der Waals surface area contributed by atoms with Crippen LogP contribution in [-0.4, -0.2) is 60.1 Å². The number of carbonyl (C=O) groups excluding carboxylic acids is 1. The summed E-state index contributed by atoms with van der Waals surface area (Å²) in [7, 11) is 1.41. The van der Waals surface area contributed by atoms with E-state index in [-0.39, 0.29) is 11.8 Å². The first-order valence-corrected chi connectivity index (χ1v) is 11.8. The minimum absolute atomic E-state index is 0.216. The van der Waals surface area contributed by atoms with Crippen LogP contribution in [0.3, 0.4) is 0 Å². The molecule has 31 heavy (non-hydrogen) atoms. The quantitative estimate of drug-likeness (QED) is 0.404. The SMILES string of the molecule is CNC(=O)[C@@](C[C@H](O)[C@@H](N)CC(C)(C)CN1CCSc2ccccc21)(C(=O)O)C(C)C. The van der Waals surface area contributed by atoms with Crippen LogP contribution in [0.2, 0.25) is 0 Å². The number of amides is 1. The standard InChI is InChI=1S/C23H37N3O4S/c1-15(2)23(21(29)30,20(28)25-5)13-18(27)16(24)12-22(3,4)14-26-10-11-31-19-9-7-6-8-17(19)26/h6-9,15-16,18,27H,10-14,24H2,1-5H3,(H,25,28)(H,29,30)/t16-,18-,23-/m0/s1. The highest BCUT2D eigenvalue weighted by Gasteiger charge is 2.50. The molecule has 0 spiro atoms. The molecule has 174 valence electrons. The normalized spacial score (nSPS) is 18.1. The average Bonchev–Trinajstić information content (AvgIpc) is 2.70. The summed E-state index contributed by atoms with van der Waals surface area (Å²) < 4.78 is 0. The summed E-state index contributed by atoms with van der Waals surface area (Å²) in [5, 5.41) is 23.1. The zero-order chi connectivity index (χ0) is 23.4. The fourth-order valence-corrected chi connectivity index (χ4v) is 5.52. The lowest BCUT2D eigenvalue weighted by Crippen LogP contribution is -2.53. The fourth-order valence-electron chi connectivity index (χ4n) is 4.47. The monoisotopic (exact) mass is 451 g/mol. The number of carboxylic acid groups (broad SMARTS) is 1. The Balaban J connectivity index is 2.11. The van der Waals surface area contributed by atoms with Gasteiger partial charge in [-0.2, -0.15) is 0 Å². The third kappa shape index (κ3) is 5.73. The molecule has 0 bridgehead atoms. The molecule has 2 rings (SSSR count). The zero-order valence-electron chi connectivity index (χ0n) is 19.2. The second-order valence-electron chi connectivity index (χ2n) is 9.55. The van der Waals surface area contributed by atoms with Crippen LogP contribution in [0.4, 0.5) is 5.69 Å². The van der Waals surface area contributed by atoms with E-state index >= 15 is 0 Å². The molecule has 1 aromatic carbocycles. The van der Waals surface area contributed by atoms with Gasteiger partial charge >= 0.3 is 5.97 Å². The number of benzene rings is 1. The number of aliphatic hydroxyl groups is 1. The minimum Gasteiger partial charge on any atom is -0.480 e. The molecule has 0 fully saturated rings. The Morgan fingerprint density at radius 3 is 2.48 bits per heavy atom. The van der Waals surface area contributed by atoms with Crippen LogP contribution in [0.25, 0.3) is 0 Å². The van der Waals surface area contributed by atoms with Crippen LogP contribution in [0.1, 0.15) is 40.5 Å². The highest BCUT2D eigenvalue weighted by atomic mass is 32.2. The van der Waals surface area contributed by atoms with E-state index in [0.717, 1.165) is 18.8 Å². The van der Waals surface area contributed by atoms with Crippen molar-refractivity contribution in [2.75, 3.05) is 30.8 Å². The second kappa shape index (κ2) is 10.2. The summed E-state index contributed by atoms with van der Waals surface area (Å²) in [6.45, 7) is 9.28. The van der Waals surface area contributed by atoms with Gasteiger partial charge in [-0.3, -0.25) is 9.59 Å². The van der Waals surface area contributed by atoms with Crippen molar-refractivity contribution in [3.63, 3.8) is 0 Å². The van der Waals surface area contributed by atoms with Crippen molar-refractivity contribution in [2.24, 2.45) is 22.5 Å². The van der Waals surface area contributed by atoms with Crippen molar-refractivity contribution in [3.05, 3.63) is 24.3 Å².